The zero-order valence-electron chi connectivity index (χ0n) is 18.5. The fourth-order valence-corrected chi connectivity index (χ4v) is 3.84. The number of ether oxygens (including phenoxy) is 2. The first-order valence-electron chi connectivity index (χ1n) is 10.8. The number of hydrogen-bond acceptors (Lipinski definition) is 5. The molecule has 1 N–H and O–H groups in total. The zero-order chi connectivity index (χ0) is 23.5. The van der Waals surface area contributed by atoms with Gasteiger partial charge >= 0.3 is 12.1 Å². The quantitative estimate of drug-likeness (QED) is 0.611. The number of nitrogens with zero attached hydrogens (tertiary/aromatic N) is 4. The number of nitrogens with one attached hydrogen (secondary N) is 1. The number of amides is 3. The van der Waals surface area contributed by atoms with E-state index >= 15 is 0 Å². The van der Waals surface area contributed by atoms with E-state index in [4.69, 9.17) is 9.47 Å². The van der Waals surface area contributed by atoms with E-state index in [9.17, 15) is 9.59 Å². The van der Waals surface area contributed by atoms with Crippen LogP contribution < -0.4 is 10.1 Å². The second kappa shape index (κ2) is 9.14. The minimum Gasteiger partial charge on any atom is -0.497 e. The number of rotatable bonds is 6. The molecular formula is C25H23N5O4. The molecular weight excluding hydrogens is 434 g/mol. The first-order chi connectivity index (χ1) is 16.6. The molecule has 0 spiro atoms. The Kier molecular flexibility index (Phi) is 5.73. The third-order valence-corrected chi connectivity index (χ3v) is 5.62. The van der Waals surface area contributed by atoms with E-state index < -0.39 is 6.03 Å². The molecule has 3 aromatic rings. The van der Waals surface area contributed by atoms with Crippen molar-refractivity contribution in [3.05, 3.63) is 90.6 Å². The van der Waals surface area contributed by atoms with Gasteiger partial charge in [-0.25, -0.2) is 4.79 Å². The summed E-state index contributed by atoms with van der Waals surface area (Å²) in [7, 11) is 1.60. The van der Waals surface area contributed by atoms with Crippen LogP contribution in [0.4, 0.5) is 10.5 Å². The van der Waals surface area contributed by atoms with E-state index in [2.05, 4.69) is 10.3 Å². The van der Waals surface area contributed by atoms with Crippen LogP contribution in [0.5, 0.6) is 5.75 Å². The van der Waals surface area contributed by atoms with Gasteiger partial charge in [-0.2, -0.15) is 0 Å². The number of fused-ring (bicyclic) bond motifs is 1. The maximum atomic E-state index is 12.9. The number of aromatic nitrogens is 1. The number of anilines is 1. The molecule has 0 saturated heterocycles. The minimum absolute atomic E-state index is 0.103. The fraction of sp³-hybridized carbons (Fsp3) is 0.160. The predicted octanol–water partition coefficient (Wildman–Crippen LogP) is 3.59. The van der Waals surface area contributed by atoms with Gasteiger partial charge in [0.2, 0.25) is 0 Å². The van der Waals surface area contributed by atoms with Crippen LogP contribution in [0, 0.1) is 0 Å². The van der Waals surface area contributed by atoms with Crippen LogP contribution in [0.25, 0.3) is 5.69 Å². The van der Waals surface area contributed by atoms with Gasteiger partial charge in [-0.1, -0.05) is 12.1 Å². The number of methoxy groups -OCH3 is 1. The molecule has 5 rings (SSSR count). The zero-order valence-corrected chi connectivity index (χ0v) is 18.5. The monoisotopic (exact) mass is 457 g/mol. The SMILES string of the molecule is COc1cccc(CN2CCN3C(C(=O)Nc4ccc(-n5cccc5)cc4)=COC3=NC2=O)c1. The number of carbonyl (C=O) groups excluding carboxylic acids is 2. The highest BCUT2D eigenvalue weighted by Crippen LogP contribution is 2.22. The second-order valence-corrected chi connectivity index (χ2v) is 7.81. The molecule has 0 bridgehead atoms. The van der Waals surface area contributed by atoms with Gasteiger partial charge in [-0.05, 0) is 54.1 Å². The Labute approximate surface area is 196 Å². The summed E-state index contributed by atoms with van der Waals surface area (Å²) in [4.78, 5) is 32.9. The average molecular weight is 457 g/mol. The average Bonchev–Trinajstić information content (AvgIpc) is 3.50. The second-order valence-electron chi connectivity index (χ2n) is 7.81. The van der Waals surface area contributed by atoms with Crippen molar-refractivity contribution in [3.63, 3.8) is 0 Å². The van der Waals surface area contributed by atoms with Crippen LogP contribution in [0.2, 0.25) is 0 Å². The Bertz CT molecular complexity index is 1260. The third-order valence-electron chi connectivity index (χ3n) is 5.62. The van der Waals surface area contributed by atoms with Crippen molar-refractivity contribution in [2.45, 2.75) is 6.54 Å². The molecule has 3 heterocycles. The fourth-order valence-electron chi connectivity index (χ4n) is 3.84. The van der Waals surface area contributed by atoms with Crippen LogP contribution in [-0.2, 0) is 16.1 Å². The molecule has 0 atom stereocenters. The predicted molar refractivity (Wildman–Crippen MR) is 127 cm³/mol. The summed E-state index contributed by atoms with van der Waals surface area (Å²) in [6.45, 7) is 1.13. The maximum Gasteiger partial charge on any atom is 0.348 e. The van der Waals surface area contributed by atoms with Crippen LogP contribution in [0.1, 0.15) is 5.56 Å². The molecule has 0 aliphatic carbocycles. The number of aliphatic imine (C=N–C) groups is 1. The molecule has 0 fully saturated rings. The van der Waals surface area contributed by atoms with Crippen molar-refractivity contribution < 1.29 is 19.1 Å². The summed E-state index contributed by atoms with van der Waals surface area (Å²) < 4.78 is 12.7. The highest BCUT2D eigenvalue weighted by atomic mass is 16.5. The van der Waals surface area contributed by atoms with E-state index in [1.807, 2.05) is 77.6 Å². The molecule has 2 aromatic carbocycles. The molecule has 2 aliphatic heterocycles. The largest absolute Gasteiger partial charge is 0.497 e. The standard InChI is InChI=1S/C25H23N5O4/c1-33-21-6-4-5-18(15-21)16-29-13-14-30-22(17-34-25(30)27-24(29)32)23(31)26-19-7-9-20(10-8-19)28-11-2-3-12-28/h2-12,15,17H,13-14,16H2,1H3,(H,26,31). The first kappa shape index (κ1) is 21.3. The Hall–Kier alpha value is -4.53. The van der Waals surface area contributed by atoms with Crippen molar-refractivity contribution >= 4 is 23.6 Å². The molecule has 0 unspecified atom stereocenters. The molecule has 1 aromatic heterocycles. The number of urea groups is 1. The van der Waals surface area contributed by atoms with E-state index in [1.54, 1.807) is 16.9 Å². The van der Waals surface area contributed by atoms with E-state index in [1.165, 1.54) is 6.26 Å². The van der Waals surface area contributed by atoms with Gasteiger partial charge in [0.15, 0.2) is 0 Å². The number of amidine groups is 1. The Morgan fingerprint density at radius 3 is 2.65 bits per heavy atom. The lowest BCUT2D eigenvalue weighted by Gasteiger charge is -2.21. The van der Waals surface area contributed by atoms with Gasteiger partial charge in [-0.15, -0.1) is 4.99 Å². The van der Waals surface area contributed by atoms with Gasteiger partial charge in [0.1, 0.15) is 17.7 Å². The van der Waals surface area contributed by atoms with Gasteiger partial charge in [0, 0.05) is 43.4 Å². The molecule has 0 radical (unpaired) electrons. The summed E-state index contributed by atoms with van der Waals surface area (Å²) in [5.74, 6) is 0.380. The lowest BCUT2D eigenvalue weighted by atomic mass is 10.2. The molecule has 3 amide bonds. The first-order valence-corrected chi connectivity index (χ1v) is 10.8. The molecule has 9 nitrogen and oxygen atoms in total. The van der Waals surface area contributed by atoms with Crippen LogP contribution >= 0.6 is 0 Å². The van der Waals surface area contributed by atoms with Crippen molar-refractivity contribution in [2.24, 2.45) is 4.99 Å². The summed E-state index contributed by atoms with van der Waals surface area (Å²) in [5, 5.41) is 2.88. The molecule has 9 heteroatoms. The van der Waals surface area contributed by atoms with Crippen LogP contribution in [0.15, 0.2) is 90.0 Å². The van der Waals surface area contributed by atoms with Crippen molar-refractivity contribution in [2.75, 3.05) is 25.5 Å². The van der Waals surface area contributed by atoms with Crippen LogP contribution in [0.3, 0.4) is 0 Å². The van der Waals surface area contributed by atoms with Crippen molar-refractivity contribution in [1.82, 2.24) is 14.4 Å². The Balaban J connectivity index is 1.24. The summed E-state index contributed by atoms with van der Waals surface area (Å²) in [6, 6.07) is 18.6. The summed E-state index contributed by atoms with van der Waals surface area (Å²) >= 11 is 0. The topological polar surface area (TPSA) is 88.4 Å². The molecule has 0 saturated carbocycles. The summed E-state index contributed by atoms with van der Waals surface area (Å²) in [5.41, 5.74) is 2.86. The highest BCUT2D eigenvalue weighted by Gasteiger charge is 2.33. The normalized spacial score (nSPS) is 15.1. The van der Waals surface area contributed by atoms with Crippen molar-refractivity contribution in [3.8, 4) is 11.4 Å². The number of hydrogen-bond donors (Lipinski definition) is 1. The Morgan fingerprint density at radius 2 is 1.88 bits per heavy atom. The molecule has 2 aliphatic rings. The van der Waals surface area contributed by atoms with Gasteiger partial charge in [0.25, 0.3) is 5.91 Å². The maximum absolute atomic E-state index is 12.9. The molecule has 34 heavy (non-hydrogen) atoms. The lowest BCUT2D eigenvalue weighted by molar-refractivity contribution is -0.113. The van der Waals surface area contributed by atoms with E-state index in [0.29, 0.717) is 31.0 Å². The number of benzene rings is 2. The van der Waals surface area contributed by atoms with E-state index in [0.717, 1.165) is 17.0 Å². The lowest BCUT2D eigenvalue weighted by Crippen LogP contribution is -2.36. The minimum atomic E-state index is -0.420. The van der Waals surface area contributed by atoms with E-state index in [-0.39, 0.29) is 11.9 Å². The van der Waals surface area contributed by atoms with Gasteiger partial charge < -0.3 is 24.3 Å². The summed E-state index contributed by atoms with van der Waals surface area (Å²) in [6.07, 6.45) is 5.23. The Morgan fingerprint density at radius 1 is 1.09 bits per heavy atom. The third kappa shape index (κ3) is 4.36. The smallest absolute Gasteiger partial charge is 0.348 e. The van der Waals surface area contributed by atoms with Crippen molar-refractivity contribution in [1.29, 1.82) is 0 Å². The van der Waals surface area contributed by atoms with Crippen LogP contribution in [-0.4, -0.2) is 52.5 Å². The highest BCUT2D eigenvalue weighted by molar-refractivity contribution is 6.08. The number of carbonyl (C=O) groups is 2. The van der Waals surface area contributed by atoms with Gasteiger partial charge in [-0.3, -0.25) is 9.69 Å². The molecule has 172 valence electrons. The van der Waals surface area contributed by atoms with Gasteiger partial charge in [0.05, 0.1) is 7.11 Å².